The summed E-state index contributed by atoms with van der Waals surface area (Å²) in [7, 11) is 1.95. The van der Waals surface area contributed by atoms with Gasteiger partial charge >= 0.3 is 11.9 Å². The fraction of sp³-hybridized carbons (Fsp3) is 0.333. The van der Waals surface area contributed by atoms with Crippen LogP contribution in [0.15, 0.2) is 39.4 Å². The van der Waals surface area contributed by atoms with Crippen LogP contribution in [0, 0.1) is 6.92 Å². The molecule has 0 bridgehead atoms. The van der Waals surface area contributed by atoms with Crippen LogP contribution in [-0.2, 0) is 21.4 Å². The van der Waals surface area contributed by atoms with Crippen LogP contribution in [0.1, 0.15) is 39.0 Å². The minimum absolute atomic E-state index is 0.0144. The maximum absolute atomic E-state index is 12.7. The highest BCUT2D eigenvalue weighted by molar-refractivity contribution is 9.10. The molecule has 0 radical (unpaired) electrons. The number of nitrogens with zero attached hydrogens (tertiary/aromatic N) is 1. The van der Waals surface area contributed by atoms with Crippen LogP contribution >= 0.6 is 15.9 Å². The summed E-state index contributed by atoms with van der Waals surface area (Å²) >= 11 is 3.49. The van der Waals surface area contributed by atoms with Crippen LogP contribution in [0.4, 0.5) is 0 Å². The molecule has 5 nitrogen and oxygen atoms in total. The molecule has 0 spiro atoms. The van der Waals surface area contributed by atoms with Crippen LogP contribution in [-0.4, -0.2) is 28.2 Å². The predicted molar refractivity (Wildman–Crippen MR) is 111 cm³/mol. The molecular formula is C21H24BrNO4. The van der Waals surface area contributed by atoms with Crippen LogP contribution in [0.5, 0.6) is 0 Å². The topological polar surface area (TPSA) is 68.5 Å². The second-order valence-corrected chi connectivity index (χ2v) is 7.50. The number of carbonyl (C=O) groups is 2. The maximum Gasteiger partial charge on any atom is 0.339 e. The van der Waals surface area contributed by atoms with E-state index < -0.39 is 11.9 Å². The Bertz CT molecular complexity index is 991. The van der Waals surface area contributed by atoms with Crippen LogP contribution in [0.25, 0.3) is 16.5 Å². The zero-order chi connectivity index (χ0) is 20.5. The number of ether oxygens (including phenoxy) is 1. The number of carboxylic acid groups (broad SMARTS) is 1. The first kappa shape index (κ1) is 21.0. The highest BCUT2D eigenvalue weighted by Gasteiger charge is 2.28. The Balaban J connectivity index is 2.94. The molecule has 1 N–H and O–H groups in total. The lowest BCUT2D eigenvalue weighted by molar-refractivity contribution is -0.140. The third kappa shape index (κ3) is 3.86. The maximum atomic E-state index is 12.7. The number of rotatable bonds is 5. The molecule has 144 valence electrons. The quantitative estimate of drug-likeness (QED) is 0.408. The summed E-state index contributed by atoms with van der Waals surface area (Å²) in [6.07, 6.45) is 0. The van der Waals surface area contributed by atoms with Gasteiger partial charge in [0.1, 0.15) is 0 Å². The van der Waals surface area contributed by atoms with Crippen LogP contribution in [0.2, 0.25) is 0 Å². The fourth-order valence-corrected chi connectivity index (χ4v) is 3.70. The number of aromatic nitrogens is 1. The monoisotopic (exact) mass is 433 g/mol. The summed E-state index contributed by atoms with van der Waals surface area (Å²) in [5.74, 6) is -1.76. The van der Waals surface area contributed by atoms with E-state index in [9.17, 15) is 14.7 Å². The number of fused-ring (bicyclic) bond motifs is 1. The first-order valence-electron chi connectivity index (χ1n) is 8.65. The van der Waals surface area contributed by atoms with E-state index >= 15 is 0 Å². The lowest BCUT2D eigenvalue weighted by Gasteiger charge is -2.14. The molecule has 1 aromatic heterocycles. The smallest absolute Gasteiger partial charge is 0.339 e. The first-order valence-corrected chi connectivity index (χ1v) is 9.45. The van der Waals surface area contributed by atoms with Gasteiger partial charge in [-0.3, -0.25) is 0 Å². The summed E-state index contributed by atoms with van der Waals surface area (Å²) in [6.45, 7) is 8.98. The largest absolute Gasteiger partial charge is 0.478 e. The molecule has 0 saturated carbocycles. The summed E-state index contributed by atoms with van der Waals surface area (Å²) in [6, 6.07) is 5.90. The molecule has 0 fully saturated rings. The van der Waals surface area contributed by atoms with Gasteiger partial charge in [-0.1, -0.05) is 27.6 Å². The van der Waals surface area contributed by atoms with Crippen molar-refractivity contribution in [3.63, 3.8) is 0 Å². The number of benzene rings is 1. The van der Waals surface area contributed by atoms with Gasteiger partial charge in [0.2, 0.25) is 0 Å². The minimum atomic E-state index is -1.14. The lowest BCUT2D eigenvalue weighted by Crippen LogP contribution is -2.17. The van der Waals surface area contributed by atoms with E-state index in [1.165, 1.54) is 0 Å². The Kier molecular flexibility index (Phi) is 6.31. The van der Waals surface area contributed by atoms with Gasteiger partial charge in [0.15, 0.2) is 0 Å². The number of aryl methyl sites for hydroxylation is 1. The van der Waals surface area contributed by atoms with Crippen molar-refractivity contribution in [2.45, 2.75) is 34.6 Å². The number of halogens is 1. The second kappa shape index (κ2) is 8.13. The predicted octanol–water partition coefficient (Wildman–Crippen LogP) is 5.01. The van der Waals surface area contributed by atoms with E-state index in [0.29, 0.717) is 11.1 Å². The molecule has 0 amide bonds. The molecule has 1 aromatic carbocycles. The Morgan fingerprint density at radius 1 is 1.19 bits per heavy atom. The zero-order valence-electron chi connectivity index (χ0n) is 16.4. The molecular weight excluding hydrogens is 410 g/mol. The normalized spacial score (nSPS) is 12.0. The number of hydrogen-bond acceptors (Lipinski definition) is 3. The number of allylic oxidation sites excluding steroid dienone is 2. The molecule has 0 aliphatic heterocycles. The molecule has 0 saturated heterocycles. The number of carbonyl (C=O) groups excluding carboxylic acids is 1. The molecule has 0 unspecified atom stereocenters. The number of aliphatic carboxylic acids is 1. The third-order valence-electron chi connectivity index (χ3n) is 4.65. The van der Waals surface area contributed by atoms with Gasteiger partial charge in [-0.05, 0) is 52.3 Å². The van der Waals surface area contributed by atoms with Crippen molar-refractivity contribution in [2.75, 3.05) is 6.61 Å². The van der Waals surface area contributed by atoms with Gasteiger partial charge in [0.05, 0.1) is 17.8 Å². The van der Waals surface area contributed by atoms with E-state index in [-0.39, 0.29) is 17.8 Å². The molecule has 0 atom stereocenters. The van der Waals surface area contributed by atoms with E-state index in [1.807, 2.05) is 36.7 Å². The number of hydrogen-bond donors (Lipinski definition) is 1. The van der Waals surface area contributed by atoms with Gasteiger partial charge in [-0.15, -0.1) is 0 Å². The molecule has 2 aromatic rings. The molecule has 1 heterocycles. The Morgan fingerprint density at radius 3 is 2.33 bits per heavy atom. The number of esters is 1. The molecule has 6 heteroatoms. The summed E-state index contributed by atoms with van der Waals surface area (Å²) in [5.41, 5.74) is 4.02. The molecule has 0 aliphatic rings. The lowest BCUT2D eigenvalue weighted by atomic mass is 9.91. The van der Waals surface area contributed by atoms with Gasteiger partial charge in [-0.25, -0.2) is 9.59 Å². The van der Waals surface area contributed by atoms with Gasteiger partial charge in [0, 0.05) is 33.7 Å². The fourth-order valence-electron chi connectivity index (χ4n) is 3.35. The SMILES string of the molecule is CCOC(=O)/C(C(C(=O)O)=C(C)C)=C(/C)c1c(C)n(C)c2cc(Br)ccc12. The van der Waals surface area contributed by atoms with Gasteiger partial charge in [0.25, 0.3) is 0 Å². The van der Waals surface area contributed by atoms with E-state index in [1.54, 1.807) is 27.7 Å². The average molecular weight is 434 g/mol. The standard InChI is InChI=1S/C21H24BrNO4/c1-7-27-21(26)19(17(11(2)3)20(24)25)12(4)18-13(5)23(6)16-10-14(22)8-9-15(16)18/h8-10H,7H2,1-6H3,(H,24,25)/b19-12-. The van der Waals surface area contributed by atoms with E-state index in [4.69, 9.17) is 4.74 Å². The Hall–Kier alpha value is -2.34. The molecule has 27 heavy (non-hydrogen) atoms. The zero-order valence-corrected chi connectivity index (χ0v) is 18.0. The Labute approximate surface area is 167 Å². The molecule has 2 rings (SSSR count). The highest BCUT2D eigenvalue weighted by atomic mass is 79.9. The van der Waals surface area contributed by atoms with Crippen molar-refractivity contribution in [3.8, 4) is 0 Å². The van der Waals surface area contributed by atoms with Crippen molar-refractivity contribution in [2.24, 2.45) is 7.05 Å². The van der Waals surface area contributed by atoms with Crippen LogP contribution < -0.4 is 0 Å². The van der Waals surface area contributed by atoms with E-state index in [0.717, 1.165) is 26.6 Å². The van der Waals surface area contributed by atoms with Crippen LogP contribution in [0.3, 0.4) is 0 Å². The molecule has 0 aliphatic carbocycles. The van der Waals surface area contributed by atoms with Crippen molar-refractivity contribution >= 4 is 44.3 Å². The summed E-state index contributed by atoms with van der Waals surface area (Å²) < 4.78 is 8.18. The summed E-state index contributed by atoms with van der Waals surface area (Å²) in [4.78, 5) is 24.6. The van der Waals surface area contributed by atoms with E-state index in [2.05, 4.69) is 15.9 Å². The van der Waals surface area contributed by atoms with Crippen molar-refractivity contribution in [1.82, 2.24) is 4.57 Å². The number of carboxylic acids is 1. The average Bonchev–Trinajstić information content (AvgIpc) is 2.82. The summed E-state index contributed by atoms with van der Waals surface area (Å²) in [5, 5.41) is 10.7. The second-order valence-electron chi connectivity index (χ2n) is 6.58. The highest BCUT2D eigenvalue weighted by Crippen LogP contribution is 2.36. The third-order valence-corrected chi connectivity index (χ3v) is 5.14. The van der Waals surface area contributed by atoms with Crippen molar-refractivity contribution in [1.29, 1.82) is 0 Å². The van der Waals surface area contributed by atoms with Gasteiger partial charge < -0.3 is 14.4 Å². The van der Waals surface area contributed by atoms with Crippen molar-refractivity contribution < 1.29 is 19.4 Å². The minimum Gasteiger partial charge on any atom is -0.478 e. The first-order chi connectivity index (χ1) is 12.6. The van der Waals surface area contributed by atoms with Crippen molar-refractivity contribution in [3.05, 3.63) is 50.6 Å². The Morgan fingerprint density at radius 2 is 1.81 bits per heavy atom. The van der Waals surface area contributed by atoms with Gasteiger partial charge in [-0.2, -0.15) is 0 Å².